The van der Waals surface area contributed by atoms with Crippen molar-refractivity contribution >= 4 is 11.0 Å². The number of methoxy groups -OCH3 is 2. The van der Waals surface area contributed by atoms with Gasteiger partial charge in [-0.05, 0) is 30.7 Å². The fraction of sp³-hybridized carbons (Fsp3) is 0.250. The molecule has 0 atom stereocenters. The molecule has 0 spiro atoms. The van der Waals surface area contributed by atoms with E-state index in [0.29, 0.717) is 0 Å². The molecule has 0 aliphatic heterocycles. The Morgan fingerprint density at radius 3 is 2.38 bits per heavy atom. The standard InChI is InChI=1S/C16H17N3O2/c1-10-8-11(18-12-9-17-19(2)16(10)12)15-13(20-3)6-5-7-14(15)21-4/h5-9H,1-4H3. The van der Waals surface area contributed by atoms with Gasteiger partial charge in [0.15, 0.2) is 0 Å². The second-order valence-corrected chi connectivity index (χ2v) is 4.86. The number of rotatable bonds is 3. The number of benzene rings is 1. The number of fused-ring (bicyclic) bond motifs is 1. The molecule has 0 saturated carbocycles. The Balaban J connectivity index is 2.30. The highest BCUT2D eigenvalue weighted by molar-refractivity contribution is 5.84. The third-order valence-electron chi connectivity index (χ3n) is 3.57. The minimum Gasteiger partial charge on any atom is -0.496 e. The number of hydrogen-bond donors (Lipinski definition) is 0. The number of aryl methyl sites for hydroxylation is 2. The molecule has 0 unspecified atom stereocenters. The lowest BCUT2D eigenvalue weighted by atomic mass is 10.1. The van der Waals surface area contributed by atoms with Gasteiger partial charge in [0, 0.05) is 7.05 Å². The lowest BCUT2D eigenvalue weighted by molar-refractivity contribution is 0.397. The molecule has 0 N–H and O–H groups in total. The third-order valence-corrected chi connectivity index (χ3v) is 3.57. The number of ether oxygens (including phenoxy) is 2. The first-order valence-electron chi connectivity index (χ1n) is 6.66. The highest BCUT2D eigenvalue weighted by Gasteiger charge is 2.16. The average Bonchev–Trinajstić information content (AvgIpc) is 2.88. The molecule has 3 rings (SSSR count). The Morgan fingerprint density at radius 2 is 1.76 bits per heavy atom. The fourth-order valence-corrected chi connectivity index (χ4v) is 2.63. The van der Waals surface area contributed by atoms with Gasteiger partial charge in [-0.15, -0.1) is 0 Å². The van der Waals surface area contributed by atoms with Gasteiger partial charge in [-0.25, -0.2) is 4.98 Å². The second kappa shape index (κ2) is 5.09. The van der Waals surface area contributed by atoms with Crippen molar-refractivity contribution in [3.8, 4) is 22.8 Å². The molecule has 0 bridgehead atoms. The van der Waals surface area contributed by atoms with Crippen molar-refractivity contribution < 1.29 is 9.47 Å². The van der Waals surface area contributed by atoms with Crippen LogP contribution in [0.25, 0.3) is 22.3 Å². The molecule has 21 heavy (non-hydrogen) atoms. The summed E-state index contributed by atoms with van der Waals surface area (Å²) in [5.41, 5.74) is 4.69. The molecular weight excluding hydrogens is 266 g/mol. The molecular formula is C16H17N3O2. The van der Waals surface area contributed by atoms with Crippen LogP contribution in [0.4, 0.5) is 0 Å². The second-order valence-electron chi connectivity index (χ2n) is 4.86. The zero-order valence-corrected chi connectivity index (χ0v) is 12.5. The van der Waals surface area contributed by atoms with Crippen molar-refractivity contribution in [3.05, 3.63) is 36.0 Å². The molecule has 2 aromatic heterocycles. The van der Waals surface area contributed by atoms with Crippen molar-refractivity contribution in [1.82, 2.24) is 14.8 Å². The summed E-state index contributed by atoms with van der Waals surface area (Å²) in [4.78, 5) is 4.70. The van der Waals surface area contributed by atoms with Crippen LogP contribution >= 0.6 is 0 Å². The Hall–Kier alpha value is -2.56. The van der Waals surface area contributed by atoms with Crippen LogP contribution in [0, 0.1) is 6.92 Å². The predicted molar refractivity (Wildman–Crippen MR) is 81.8 cm³/mol. The molecule has 5 nitrogen and oxygen atoms in total. The molecule has 0 amide bonds. The molecule has 2 heterocycles. The van der Waals surface area contributed by atoms with Crippen LogP contribution in [0.15, 0.2) is 30.5 Å². The largest absolute Gasteiger partial charge is 0.496 e. The SMILES string of the molecule is COc1cccc(OC)c1-c1cc(C)c2c(cnn2C)n1. The van der Waals surface area contributed by atoms with E-state index in [-0.39, 0.29) is 0 Å². The van der Waals surface area contributed by atoms with Crippen LogP contribution in [0.1, 0.15) is 5.56 Å². The van der Waals surface area contributed by atoms with Crippen molar-refractivity contribution in [3.63, 3.8) is 0 Å². The highest BCUT2D eigenvalue weighted by Crippen LogP contribution is 2.38. The molecule has 0 fully saturated rings. The lowest BCUT2D eigenvalue weighted by Crippen LogP contribution is -1.97. The van der Waals surface area contributed by atoms with Crippen molar-refractivity contribution in [2.75, 3.05) is 14.2 Å². The van der Waals surface area contributed by atoms with E-state index in [0.717, 1.165) is 39.4 Å². The van der Waals surface area contributed by atoms with E-state index in [1.165, 1.54) is 0 Å². The molecule has 0 saturated heterocycles. The summed E-state index contributed by atoms with van der Waals surface area (Å²) in [5.74, 6) is 1.48. The van der Waals surface area contributed by atoms with E-state index >= 15 is 0 Å². The van der Waals surface area contributed by atoms with Crippen LogP contribution in [0.5, 0.6) is 11.5 Å². The summed E-state index contributed by atoms with van der Waals surface area (Å²) in [6, 6.07) is 7.74. The Kier molecular flexibility index (Phi) is 3.25. The van der Waals surface area contributed by atoms with Gasteiger partial charge in [0.25, 0.3) is 0 Å². The summed E-state index contributed by atoms with van der Waals surface area (Å²) in [6.07, 6.45) is 1.77. The molecule has 1 aromatic carbocycles. The molecule has 3 aromatic rings. The van der Waals surface area contributed by atoms with E-state index in [4.69, 9.17) is 14.5 Å². The number of nitrogens with zero attached hydrogens (tertiary/aromatic N) is 3. The van der Waals surface area contributed by atoms with Gasteiger partial charge in [-0.2, -0.15) is 5.10 Å². The van der Waals surface area contributed by atoms with E-state index in [1.807, 2.05) is 36.0 Å². The summed E-state index contributed by atoms with van der Waals surface area (Å²) in [7, 11) is 5.21. The maximum Gasteiger partial charge on any atom is 0.132 e. The molecule has 0 aliphatic carbocycles. The van der Waals surface area contributed by atoms with Gasteiger partial charge in [0.1, 0.15) is 17.0 Å². The van der Waals surface area contributed by atoms with Crippen molar-refractivity contribution in [2.45, 2.75) is 6.92 Å². The van der Waals surface area contributed by atoms with Crippen LogP contribution in [-0.4, -0.2) is 29.0 Å². The number of pyridine rings is 1. The third kappa shape index (κ3) is 2.11. The lowest BCUT2D eigenvalue weighted by Gasteiger charge is -2.13. The quantitative estimate of drug-likeness (QED) is 0.741. The van der Waals surface area contributed by atoms with Gasteiger partial charge in [-0.1, -0.05) is 6.07 Å². The number of aromatic nitrogens is 3. The fourth-order valence-electron chi connectivity index (χ4n) is 2.63. The van der Waals surface area contributed by atoms with Gasteiger partial charge >= 0.3 is 0 Å². The number of hydrogen-bond acceptors (Lipinski definition) is 4. The Labute approximate surface area is 123 Å². The van der Waals surface area contributed by atoms with Crippen molar-refractivity contribution in [2.24, 2.45) is 7.05 Å². The van der Waals surface area contributed by atoms with Gasteiger partial charge < -0.3 is 9.47 Å². The van der Waals surface area contributed by atoms with E-state index in [9.17, 15) is 0 Å². The van der Waals surface area contributed by atoms with E-state index in [1.54, 1.807) is 20.4 Å². The molecule has 0 radical (unpaired) electrons. The summed E-state index contributed by atoms with van der Waals surface area (Å²) in [6.45, 7) is 2.05. The minimum atomic E-state index is 0.740. The van der Waals surface area contributed by atoms with Crippen molar-refractivity contribution in [1.29, 1.82) is 0 Å². The Morgan fingerprint density at radius 1 is 1.10 bits per heavy atom. The summed E-state index contributed by atoms with van der Waals surface area (Å²) < 4.78 is 12.8. The van der Waals surface area contributed by atoms with E-state index in [2.05, 4.69) is 12.0 Å². The first-order chi connectivity index (χ1) is 10.2. The molecule has 0 aliphatic rings. The topological polar surface area (TPSA) is 49.2 Å². The smallest absolute Gasteiger partial charge is 0.132 e. The maximum atomic E-state index is 5.46. The average molecular weight is 283 g/mol. The summed E-state index contributed by atoms with van der Waals surface area (Å²) in [5, 5.41) is 4.27. The molecule has 108 valence electrons. The first-order valence-corrected chi connectivity index (χ1v) is 6.66. The summed E-state index contributed by atoms with van der Waals surface area (Å²) >= 11 is 0. The van der Waals surface area contributed by atoms with Crippen LogP contribution in [-0.2, 0) is 7.05 Å². The zero-order chi connectivity index (χ0) is 15.0. The first kappa shape index (κ1) is 13.4. The van der Waals surface area contributed by atoms with Crippen LogP contribution < -0.4 is 9.47 Å². The normalized spacial score (nSPS) is 10.9. The van der Waals surface area contributed by atoms with Crippen LogP contribution in [0.2, 0.25) is 0 Å². The molecule has 5 heteroatoms. The minimum absolute atomic E-state index is 0.740. The zero-order valence-electron chi connectivity index (χ0n) is 12.5. The van der Waals surface area contributed by atoms with Crippen LogP contribution in [0.3, 0.4) is 0 Å². The maximum absolute atomic E-state index is 5.46. The van der Waals surface area contributed by atoms with Gasteiger partial charge in [0.2, 0.25) is 0 Å². The van der Waals surface area contributed by atoms with Gasteiger partial charge in [0.05, 0.1) is 37.2 Å². The Bertz CT molecular complexity index is 786. The van der Waals surface area contributed by atoms with Gasteiger partial charge in [-0.3, -0.25) is 4.68 Å². The highest BCUT2D eigenvalue weighted by atomic mass is 16.5. The van der Waals surface area contributed by atoms with E-state index < -0.39 is 0 Å². The monoisotopic (exact) mass is 283 g/mol. The predicted octanol–water partition coefficient (Wildman–Crippen LogP) is 2.96.